The lowest BCUT2D eigenvalue weighted by Crippen LogP contribution is -2.57. The minimum atomic E-state index is -1.64. The highest BCUT2D eigenvalue weighted by Gasteiger charge is 2.44. The molecule has 20 heavy (non-hydrogen) atoms. The maximum atomic E-state index is 11.7. The van der Waals surface area contributed by atoms with Crippen molar-refractivity contribution in [2.24, 2.45) is 0 Å². The van der Waals surface area contributed by atoms with Gasteiger partial charge in [-0.3, -0.25) is 14.3 Å². The fraction of sp³-hybridized carbons (Fsp3) is 0.600. The number of nitrogen functional groups attached to an aromatic ring is 1. The van der Waals surface area contributed by atoms with Crippen molar-refractivity contribution in [2.45, 2.75) is 30.6 Å². The van der Waals surface area contributed by atoms with E-state index in [4.69, 9.17) is 15.6 Å². The topological polar surface area (TPSA) is 171 Å². The summed E-state index contributed by atoms with van der Waals surface area (Å²) in [4.78, 5) is 24.8. The summed E-state index contributed by atoms with van der Waals surface area (Å²) in [5.74, 6) is 0. The van der Waals surface area contributed by atoms with E-state index in [9.17, 15) is 24.9 Å². The lowest BCUT2D eigenvalue weighted by Gasteiger charge is -2.40. The molecule has 1 aliphatic heterocycles. The van der Waals surface area contributed by atoms with Crippen molar-refractivity contribution in [3.05, 3.63) is 27.0 Å². The second-order valence-corrected chi connectivity index (χ2v) is 4.47. The standard InChI is InChI=1S/C10H15N3O7/c11-3-1-13(10(19)12-8(3)18)9-7(17)6(16)5(15)4(2-14)20-9/h1,4-7,9,14-17H,2,11H2,(H,12,18,19)/t4-,5+,6+,7-,9-/m0/s1. The molecule has 1 aromatic heterocycles. The van der Waals surface area contributed by atoms with Gasteiger partial charge in [0.2, 0.25) is 0 Å². The van der Waals surface area contributed by atoms with Crippen LogP contribution >= 0.6 is 0 Å². The number of ether oxygens (including phenoxy) is 1. The Balaban J connectivity index is 2.44. The van der Waals surface area contributed by atoms with Crippen molar-refractivity contribution in [3.63, 3.8) is 0 Å². The zero-order valence-electron chi connectivity index (χ0n) is 10.2. The summed E-state index contributed by atoms with van der Waals surface area (Å²) in [5, 5.41) is 38.2. The van der Waals surface area contributed by atoms with Crippen LogP contribution in [-0.2, 0) is 4.74 Å². The van der Waals surface area contributed by atoms with Crippen molar-refractivity contribution >= 4 is 5.69 Å². The van der Waals surface area contributed by atoms with Crippen molar-refractivity contribution in [3.8, 4) is 0 Å². The fourth-order valence-electron chi connectivity index (χ4n) is 2.00. The van der Waals surface area contributed by atoms with E-state index < -0.39 is 48.5 Å². The van der Waals surface area contributed by atoms with Gasteiger partial charge in [-0.15, -0.1) is 0 Å². The van der Waals surface area contributed by atoms with E-state index >= 15 is 0 Å². The van der Waals surface area contributed by atoms with Crippen molar-refractivity contribution in [1.82, 2.24) is 9.55 Å². The molecule has 112 valence electrons. The first-order valence-electron chi connectivity index (χ1n) is 5.78. The van der Waals surface area contributed by atoms with Gasteiger partial charge in [-0.1, -0.05) is 0 Å². The average molecular weight is 289 g/mol. The maximum Gasteiger partial charge on any atom is 0.330 e. The van der Waals surface area contributed by atoms with Crippen LogP contribution in [0.2, 0.25) is 0 Å². The average Bonchev–Trinajstić information content (AvgIpc) is 2.41. The van der Waals surface area contributed by atoms with Gasteiger partial charge in [-0.2, -0.15) is 0 Å². The Bertz CT molecular complexity index is 595. The number of aromatic amines is 1. The Morgan fingerprint density at radius 2 is 1.90 bits per heavy atom. The van der Waals surface area contributed by atoms with Crippen molar-refractivity contribution in [1.29, 1.82) is 0 Å². The molecule has 0 spiro atoms. The molecule has 0 bridgehead atoms. The van der Waals surface area contributed by atoms with Crippen molar-refractivity contribution in [2.75, 3.05) is 12.3 Å². The van der Waals surface area contributed by atoms with Crippen LogP contribution in [0.5, 0.6) is 0 Å². The summed E-state index contributed by atoms with van der Waals surface area (Å²) in [6.07, 6.45) is -6.44. The van der Waals surface area contributed by atoms with Gasteiger partial charge in [-0.05, 0) is 0 Å². The number of H-pyrrole nitrogens is 1. The Hall–Kier alpha value is -1.72. The van der Waals surface area contributed by atoms with Gasteiger partial charge in [0.1, 0.15) is 30.1 Å². The molecule has 1 saturated heterocycles. The number of hydrogen-bond acceptors (Lipinski definition) is 8. The largest absolute Gasteiger partial charge is 0.394 e. The van der Waals surface area contributed by atoms with Crippen LogP contribution in [0, 0.1) is 0 Å². The number of nitrogens with two attached hydrogens (primary N) is 1. The Morgan fingerprint density at radius 3 is 2.50 bits per heavy atom. The van der Waals surface area contributed by atoms with Gasteiger partial charge in [-0.25, -0.2) is 4.79 Å². The summed E-state index contributed by atoms with van der Waals surface area (Å²) in [6, 6.07) is 0. The second-order valence-electron chi connectivity index (χ2n) is 4.47. The van der Waals surface area contributed by atoms with Crippen LogP contribution in [0.15, 0.2) is 15.8 Å². The number of nitrogens with zero attached hydrogens (tertiary/aromatic N) is 1. The van der Waals surface area contributed by atoms with Gasteiger partial charge >= 0.3 is 5.69 Å². The third kappa shape index (κ3) is 2.34. The molecule has 0 saturated carbocycles. The molecule has 1 aliphatic rings. The lowest BCUT2D eigenvalue weighted by molar-refractivity contribution is -0.252. The number of hydrogen-bond donors (Lipinski definition) is 6. The van der Waals surface area contributed by atoms with E-state index in [1.807, 2.05) is 4.98 Å². The first kappa shape index (κ1) is 14.7. The SMILES string of the molecule is Nc1cn([C@H]2O[C@@H](CO)[C@@H](O)[C@@H](O)[C@@H]2O)c(=O)[nH]c1=O. The molecular weight excluding hydrogens is 274 g/mol. The zero-order chi connectivity index (χ0) is 15.0. The smallest absolute Gasteiger partial charge is 0.330 e. The van der Waals surface area contributed by atoms with E-state index in [-0.39, 0.29) is 5.69 Å². The van der Waals surface area contributed by atoms with E-state index in [1.165, 1.54) is 0 Å². The van der Waals surface area contributed by atoms with Gasteiger partial charge in [0.25, 0.3) is 5.56 Å². The lowest BCUT2D eigenvalue weighted by atomic mass is 9.98. The summed E-state index contributed by atoms with van der Waals surface area (Å²) < 4.78 is 5.94. The number of nitrogens with one attached hydrogen (secondary N) is 1. The quantitative estimate of drug-likeness (QED) is 0.320. The highest BCUT2D eigenvalue weighted by atomic mass is 16.6. The van der Waals surface area contributed by atoms with Crippen LogP contribution in [0.4, 0.5) is 5.69 Å². The number of anilines is 1. The third-order valence-corrected chi connectivity index (χ3v) is 3.14. The molecule has 0 aliphatic carbocycles. The third-order valence-electron chi connectivity index (χ3n) is 3.14. The highest BCUT2D eigenvalue weighted by molar-refractivity contribution is 5.30. The Morgan fingerprint density at radius 1 is 1.25 bits per heavy atom. The Kier molecular flexibility index (Phi) is 3.92. The molecule has 2 rings (SSSR count). The molecule has 0 radical (unpaired) electrons. The molecule has 0 aromatic carbocycles. The second kappa shape index (κ2) is 5.34. The first-order chi connectivity index (χ1) is 9.36. The fourth-order valence-corrected chi connectivity index (χ4v) is 2.00. The van der Waals surface area contributed by atoms with Gasteiger partial charge in [0, 0.05) is 6.20 Å². The van der Waals surface area contributed by atoms with Crippen molar-refractivity contribution < 1.29 is 25.2 Å². The van der Waals surface area contributed by atoms with E-state index in [2.05, 4.69) is 0 Å². The molecule has 0 amide bonds. The minimum Gasteiger partial charge on any atom is -0.394 e. The van der Waals surface area contributed by atoms with E-state index in [1.54, 1.807) is 0 Å². The monoisotopic (exact) mass is 289 g/mol. The van der Waals surface area contributed by atoms with Crippen LogP contribution in [0.25, 0.3) is 0 Å². The van der Waals surface area contributed by atoms with Crippen LogP contribution in [0.3, 0.4) is 0 Å². The predicted octanol–water partition coefficient (Wildman–Crippen LogP) is -3.91. The van der Waals surface area contributed by atoms with Gasteiger partial charge in [0.05, 0.1) is 6.61 Å². The van der Waals surface area contributed by atoms with Gasteiger partial charge < -0.3 is 30.9 Å². The zero-order valence-corrected chi connectivity index (χ0v) is 10.2. The summed E-state index contributed by atoms with van der Waals surface area (Å²) in [7, 11) is 0. The summed E-state index contributed by atoms with van der Waals surface area (Å²) in [6.45, 7) is -0.630. The number of aliphatic hydroxyl groups is 4. The highest BCUT2D eigenvalue weighted by Crippen LogP contribution is 2.27. The first-order valence-corrected chi connectivity index (χ1v) is 5.78. The molecule has 2 heterocycles. The summed E-state index contributed by atoms with van der Waals surface area (Å²) >= 11 is 0. The van der Waals surface area contributed by atoms with E-state index in [0.29, 0.717) is 0 Å². The molecule has 0 unspecified atom stereocenters. The molecule has 10 heteroatoms. The number of aromatic nitrogens is 2. The van der Waals surface area contributed by atoms with Gasteiger partial charge in [0.15, 0.2) is 6.23 Å². The number of aliphatic hydroxyl groups excluding tert-OH is 4. The van der Waals surface area contributed by atoms with E-state index in [0.717, 1.165) is 10.8 Å². The molecule has 7 N–H and O–H groups in total. The molecule has 10 nitrogen and oxygen atoms in total. The molecule has 5 atom stereocenters. The molecular formula is C10H15N3O7. The van der Waals surface area contributed by atoms with Crippen LogP contribution in [0.1, 0.15) is 6.23 Å². The normalized spacial score (nSPS) is 34.1. The minimum absolute atomic E-state index is 0.290. The molecule has 1 aromatic rings. The van der Waals surface area contributed by atoms with Crippen LogP contribution in [-0.4, -0.2) is 61.0 Å². The summed E-state index contributed by atoms with van der Waals surface area (Å²) in [5.41, 5.74) is 3.37. The van der Waals surface area contributed by atoms with Crippen LogP contribution < -0.4 is 17.0 Å². The Labute approximate surface area is 111 Å². The molecule has 1 fully saturated rings. The number of rotatable bonds is 2. The maximum absolute atomic E-state index is 11.7. The predicted molar refractivity (Wildman–Crippen MR) is 64.8 cm³/mol.